The summed E-state index contributed by atoms with van der Waals surface area (Å²) in [5, 5.41) is 10.2. The lowest BCUT2D eigenvalue weighted by Crippen LogP contribution is -2.67. The van der Waals surface area contributed by atoms with Crippen molar-refractivity contribution in [3.63, 3.8) is 0 Å². The van der Waals surface area contributed by atoms with Gasteiger partial charge in [-0.15, -0.1) is 0 Å². The van der Waals surface area contributed by atoms with Gasteiger partial charge in [-0.05, 0) is 54.3 Å². The monoisotopic (exact) mass is 444 g/mol. The molecule has 3 atom stereocenters. The van der Waals surface area contributed by atoms with E-state index in [0.29, 0.717) is 18.7 Å². The number of hydrogen-bond acceptors (Lipinski definition) is 3. The molecule has 0 saturated carbocycles. The van der Waals surface area contributed by atoms with Gasteiger partial charge in [0.1, 0.15) is 5.82 Å². The van der Waals surface area contributed by atoms with Crippen molar-refractivity contribution in [1.29, 1.82) is 0 Å². The zero-order valence-electron chi connectivity index (χ0n) is 18.6. The number of nitrogens with zero attached hydrogens (tertiary/aromatic N) is 2. The van der Waals surface area contributed by atoms with E-state index in [-0.39, 0.29) is 30.5 Å². The van der Waals surface area contributed by atoms with Gasteiger partial charge < -0.3 is 10.0 Å². The number of hydrogen-bond donors (Lipinski definition) is 1. The van der Waals surface area contributed by atoms with Crippen LogP contribution in [0.2, 0.25) is 0 Å². The molecule has 2 heterocycles. The molecule has 2 fully saturated rings. The number of aliphatic hydroxyl groups excluding tert-OH is 1. The van der Waals surface area contributed by atoms with Crippen molar-refractivity contribution in [2.24, 2.45) is 0 Å². The van der Waals surface area contributed by atoms with Crippen LogP contribution in [0.5, 0.6) is 0 Å². The second-order valence-electron chi connectivity index (χ2n) is 9.04. The molecule has 1 N–H and O–H groups in total. The van der Waals surface area contributed by atoms with E-state index in [1.54, 1.807) is 12.1 Å². The highest BCUT2D eigenvalue weighted by molar-refractivity contribution is 5.94. The smallest absolute Gasteiger partial charge is 0.254 e. The molecule has 5 heteroatoms. The van der Waals surface area contributed by atoms with Gasteiger partial charge >= 0.3 is 0 Å². The summed E-state index contributed by atoms with van der Waals surface area (Å²) in [6, 6.07) is 25.0. The summed E-state index contributed by atoms with van der Waals surface area (Å²) in [5.41, 5.74) is 3.92. The maximum atomic E-state index is 13.7. The summed E-state index contributed by atoms with van der Waals surface area (Å²) in [6.07, 6.45) is 1.87. The Labute approximate surface area is 194 Å². The van der Waals surface area contributed by atoms with Crippen molar-refractivity contribution in [3.05, 3.63) is 95.8 Å². The number of carbonyl (C=O) groups is 1. The summed E-state index contributed by atoms with van der Waals surface area (Å²) >= 11 is 0. The van der Waals surface area contributed by atoms with E-state index in [0.717, 1.165) is 24.9 Å². The van der Waals surface area contributed by atoms with Crippen LogP contribution in [0.3, 0.4) is 0 Å². The van der Waals surface area contributed by atoms with Crippen LogP contribution in [0.4, 0.5) is 4.39 Å². The predicted octanol–water partition coefficient (Wildman–Crippen LogP) is 4.56. The Morgan fingerprint density at radius 3 is 2.36 bits per heavy atom. The summed E-state index contributed by atoms with van der Waals surface area (Å²) in [7, 11) is 0. The van der Waals surface area contributed by atoms with Crippen molar-refractivity contribution in [2.45, 2.75) is 30.8 Å². The quantitative estimate of drug-likeness (QED) is 0.642. The fraction of sp³-hybridized carbons (Fsp3) is 0.321. The maximum Gasteiger partial charge on any atom is 0.254 e. The van der Waals surface area contributed by atoms with Crippen LogP contribution in [0.15, 0.2) is 78.9 Å². The lowest BCUT2D eigenvalue weighted by atomic mass is 9.74. The number of fused-ring (bicyclic) bond motifs is 1. The largest absolute Gasteiger partial charge is 0.395 e. The van der Waals surface area contributed by atoms with Gasteiger partial charge in [0.25, 0.3) is 5.91 Å². The molecule has 3 aromatic rings. The van der Waals surface area contributed by atoms with Crippen LogP contribution in [0, 0.1) is 5.82 Å². The molecule has 2 aliphatic heterocycles. The fourth-order valence-electron chi connectivity index (χ4n) is 5.46. The number of rotatable bonds is 4. The van der Waals surface area contributed by atoms with Gasteiger partial charge in [-0.3, -0.25) is 9.69 Å². The minimum absolute atomic E-state index is 0.0572. The van der Waals surface area contributed by atoms with E-state index < -0.39 is 5.82 Å². The Balaban J connectivity index is 1.39. The first-order chi connectivity index (χ1) is 16.2. The lowest BCUT2D eigenvalue weighted by molar-refractivity contribution is -0.0606. The Morgan fingerprint density at radius 2 is 1.64 bits per heavy atom. The highest BCUT2D eigenvalue weighted by atomic mass is 19.1. The summed E-state index contributed by atoms with van der Waals surface area (Å²) in [5.74, 6) is -0.363. The number of halogens is 1. The topological polar surface area (TPSA) is 43.8 Å². The van der Waals surface area contributed by atoms with Crippen LogP contribution in [-0.2, 0) is 0 Å². The molecule has 2 aliphatic rings. The molecule has 1 amide bonds. The van der Waals surface area contributed by atoms with E-state index in [2.05, 4.69) is 41.3 Å². The van der Waals surface area contributed by atoms with Gasteiger partial charge in [-0.1, -0.05) is 60.7 Å². The molecule has 0 bridgehead atoms. The van der Waals surface area contributed by atoms with E-state index in [1.807, 2.05) is 23.1 Å². The highest BCUT2D eigenvalue weighted by Gasteiger charge is 2.49. The first-order valence-corrected chi connectivity index (χ1v) is 11.7. The second kappa shape index (κ2) is 9.46. The first-order valence-electron chi connectivity index (χ1n) is 11.7. The van der Waals surface area contributed by atoms with Crippen molar-refractivity contribution in [2.75, 3.05) is 26.2 Å². The molecule has 2 saturated heterocycles. The molecule has 0 spiro atoms. The Morgan fingerprint density at radius 1 is 0.909 bits per heavy atom. The van der Waals surface area contributed by atoms with Gasteiger partial charge in [0.2, 0.25) is 0 Å². The SMILES string of the molecule is O=C(c1cccc(F)c1)N1CCCCN2[C@H](C1)[C@@H](c1ccc(-c3ccccc3)cc1)[C@@H]2CO. The average molecular weight is 445 g/mol. The van der Waals surface area contributed by atoms with E-state index in [4.69, 9.17) is 0 Å². The highest BCUT2D eigenvalue weighted by Crippen LogP contribution is 2.42. The van der Waals surface area contributed by atoms with Gasteiger partial charge in [0.15, 0.2) is 0 Å². The molecule has 0 aliphatic carbocycles. The zero-order valence-corrected chi connectivity index (χ0v) is 18.6. The number of aliphatic hydroxyl groups is 1. The average Bonchev–Trinajstić information content (AvgIpc) is 2.83. The normalized spacial score (nSPS) is 23.2. The Bertz CT molecular complexity index is 1100. The van der Waals surface area contributed by atoms with Gasteiger partial charge in [0, 0.05) is 36.7 Å². The van der Waals surface area contributed by atoms with Crippen LogP contribution in [-0.4, -0.2) is 59.1 Å². The minimum Gasteiger partial charge on any atom is -0.395 e. The molecule has 0 radical (unpaired) electrons. The van der Waals surface area contributed by atoms with E-state index in [9.17, 15) is 14.3 Å². The Kier molecular flexibility index (Phi) is 6.25. The molecular weight excluding hydrogens is 415 g/mol. The van der Waals surface area contributed by atoms with Crippen LogP contribution < -0.4 is 0 Å². The third-order valence-electron chi connectivity index (χ3n) is 7.13. The summed E-state index contributed by atoms with van der Waals surface area (Å²) < 4.78 is 13.7. The molecule has 33 heavy (non-hydrogen) atoms. The number of benzene rings is 3. The number of carbonyl (C=O) groups excluding carboxylic acids is 1. The van der Waals surface area contributed by atoms with Crippen LogP contribution in [0.25, 0.3) is 11.1 Å². The third kappa shape index (κ3) is 4.31. The summed E-state index contributed by atoms with van der Waals surface area (Å²) in [6.45, 7) is 2.27. The minimum atomic E-state index is -0.394. The third-order valence-corrected chi connectivity index (χ3v) is 7.13. The van der Waals surface area contributed by atoms with Gasteiger partial charge in [0.05, 0.1) is 6.61 Å². The molecule has 0 unspecified atom stereocenters. The molecular formula is C28H29FN2O2. The predicted molar refractivity (Wildman–Crippen MR) is 128 cm³/mol. The van der Waals surface area contributed by atoms with Gasteiger partial charge in [-0.2, -0.15) is 0 Å². The zero-order chi connectivity index (χ0) is 22.8. The molecule has 170 valence electrons. The van der Waals surface area contributed by atoms with Crippen molar-refractivity contribution < 1.29 is 14.3 Å². The molecule has 0 aromatic heterocycles. The van der Waals surface area contributed by atoms with E-state index in [1.165, 1.54) is 23.3 Å². The van der Waals surface area contributed by atoms with Gasteiger partial charge in [-0.25, -0.2) is 4.39 Å². The van der Waals surface area contributed by atoms with Crippen LogP contribution >= 0.6 is 0 Å². The second-order valence-corrected chi connectivity index (χ2v) is 9.04. The fourth-order valence-corrected chi connectivity index (χ4v) is 5.46. The molecule has 5 rings (SSSR count). The standard InChI is InChI=1S/C28H29FN2O2/c29-24-10-6-9-23(17-24)28(33)30-15-4-5-16-31-25(18-30)27(26(31)19-32)22-13-11-21(12-14-22)20-7-2-1-3-8-20/h1-3,6-14,17,25-27,32H,4-5,15-16,18-19H2/t25-,26+,27-/m1/s1. The molecule has 3 aromatic carbocycles. The Hall–Kier alpha value is -3.02. The summed E-state index contributed by atoms with van der Waals surface area (Å²) in [4.78, 5) is 17.4. The first kappa shape index (κ1) is 21.8. The lowest BCUT2D eigenvalue weighted by Gasteiger charge is -2.57. The molecule has 4 nitrogen and oxygen atoms in total. The number of amides is 1. The maximum absolute atomic E-state index is 13.7. The van der Waals surface area contributed by atoms with Crippen molar-refractivity contribution in [1.82, 2.24) is 9.80 Å². The van der Waals surface area contributed by atoms with Crippen molar-refractivity contribution >= 4 is 5.91 Å². The van der Waals surface area contributed by atoms with E-state index >= 15 is 0 Å². The van der Waals surface area contributed by atoms with Crippen molar-refractivity contribution in [3.8, 4) is 11.1 Å². The van der Waals surface area contributed by atoms with Crippen LogP contribution in [0.1, 0.15) is 34.7 Å².